The lowest BCUT2D eigenvalue weighted by Crippen LogP contribution is -2.41. The van der Waals surface area contributed by atoms with Crippen molar-refractivity contribution < 1.29 is 19.5 Å². The zero-order valence-electron chi connectivity index (χ0n) is 26.0. The Bertz CT molecular complexity index is 1480. The van der Waals surface area contributed by atoms with Gasteiger partial charge in [-0.05, 0) is 79.9 Å². The van der Waals surface area contributed by atoms with Crippen LogP contribution >= 0.6 is 0 Å². The third kappa shape index (κ3) is 6.57. The van der Waals surface area contributed by atoms with Gasteiger partial charge in [0.15, 0.2) is 0 Å². The summed E-state index contributed by atoms with van der Waals surface area (Å²) in [5, 5.41) is 21.7. The highest BCUT2D eigenvalue weighted by Gasteiger charge is 2.51. The van der Waals surface area contributed by atoms with Crippen LogP contribution in [0.5, 0.6) is 11.5 Å². The fraction of sp³-hybridized carbons (Fsp3) is 0.412. The van der Waals surface area contributed by atoms with Gasteiger partial charge in [-0.2, -0.15) is 0 Å². The van der Waals surface area contributed by atoms with Crippen molar-refractivity contribution in [3.8, 4) is 11.5 Å². The van der Waals surface area contributed by atoms with Crippen LogP contribution in [0.25, 0.3) is 0 Å². The number of aromatic hydroxyl groups is 2. The van der Waals surface area contributed by atoms with Crippen LogP contribution in [0.15, 0.2) is 64.6 Å². The van der Waals surface area contributed by atoms with E-state index in [-0.39, 0.29) is 22.3 Å². The molecule has 0 aromatic heterocycles. The lowest BCUT2D eigenvalue weighted by Gasteiger charge is -2.32. The van der Waals surface area contributed by atoms with Gasteiger partial charge in [-0.15, -0.1) is 0 Å². The van der Waals surface area contributed by atoms with Gasteiger partial charge < -0.3 is 19.5 Å². The summed E-state index contributed by atoms with van der Waals surface area (Å²) < 4.78 is 12.4. The third-order valence-corrected chi connectivity index (χ3v) is 7.96. The van der Waals surface area contributed by atoms with Gasteiger partial charge in [-0.1, -0.05) is 65.8 Å². The minimum atomic E-state index is -0.542. The fourth-order valence-electron chi connectivity index (χ4n) is 4.52. The van der Waals surface area contributed by atoms with Crippen LogP contribution in [0.2, 0.25) is 0 Å². The minimum Gasteiger partial charge on any atom is -0.507 e. The Morgan fingerprint density at radius 2 is 1.24 bits per heavy atom. The molecule has 1 fully saturated rings. The van der Waals surface area contributed by atoms with Crippen molar-refractivity contribution in [2.24, 2.45) is 9.98 Å². The van der Waals surface area contributed by atoms with E-state index in [1.807, 2.05) is 64.1 Å². The van der Waals surface area contributed by atoms with Crippen LogP contribution < -0.4 is 5.46 Å². The first kappa shape index (κ1) is 30.5. The van der Waals surface area contributed by atoms with Crippen molar-refractivity contribution >= 4 is 36.4 Å². The summed E-state index contributed by atoms with van der Waals surface area (Å²) in [4.78, 5) is 9.40. The molecule has 216 valence electrons. The predicted molar refractivity (Wildman–Crippen MR) is 170 cm³/mol. The van der Waals surface area contributed by atoms with Crippen molar-refractivity contribution in [2.45, 2.75) is 91.3 Å². The van der Waals surface area contributed by atoms with E-state index in [1.54, 1.807) is 24.6 Å². The molecule has 3 aromatic rings. The normalized spacial score (nSPS) is 17.2. The van der Waals surface area contributed by atoms with Crippen LogP contribution in [0.1, 0.15) is 91.5 Å². The van der Waals surface area contributed by atoms with Crippen molar-refractivity contribution in [2.75, 3.05) is 0 Å². The van der Waals surface area contributed by atoms with E-state index in [0.29, 0.717) is 22.5 Å². The molecule has 1 aliphatic rings. The lowest BCUT2D eigenvalue weighted by atomic mass is 9.78. The number of hydrogen-bond donors (Lipinski definition) is 2. The standard InChI is InChI=1S/C34H43BN2O4/c1-31(2,3)24-17-23(30(39)26(19-24)32(4,5)6)21-37-28-14-12-11-13-27(28)36-20-22-18-25(15-16-29(22)38)35-40-33(7,8)34(9,10)41-35/h11-21,38-39H,1-10H3. The molecule has 41 heavy (non-hydrogen) atoms. The Hall–Kier alpha value is -3.42. The number of benzene rings is 3. The highest BCUT2D eigenvalue weighted by Crippen LogP contribution is 2.38. The summed E-state index contributed by atoms with van der Waals surface area (Å²) in [6.07, 6.45) is 3.32. The SMILES string of the molecule is CC(C)(C)c1cc(C=Nc2ccccc2N=Cc2cc(B3OC(C)(C)C(C)(C)O3)ccc2O)c(O)c(C(C)(C)C)c1. The maximum absolute atomic E-state index is 11.2. The molecule has 0 aliphatic carbocycles. The summed E-state index contributed by atoms with van der Waals surface area (Å²) in [5.74, 6) is 0.341. The Labute approximate surface area is 245 Å². The van der Waals surface area contributed by atoms with Gasteiger partial charge in [0.05, 0.1) is 22.6 Å². The molecule has 4 rings (SSSR count). The minimum absolute atomic E-state index is 0.0882. The zero-order valence-corrected chi connectivity index (χ0v) is 26.0. The van der Waals surface area contributed by atoms with E-state index < -0.39 is 18.3 Å². The van der Waals surface area contributed by atoms with Crippen molar-refractivity contribution in [3.63, 3.8) is 0 Å². The van der Waals surface area contributed by atoms with Gasteiger partial charge in [-0.25, -0.2) is 0 Å². The third-order valence-electron chi connectivity index (χ3n) is 7.96. The molecule has 7 heteroatoms. The lowest BCUT2D eigenvalue weighted by molar-refractivity contribution is 0.00578. The smallest absolute Gasteiger partial charge is 0.494 e. The summed E-state index contributed by atoms with van der Waals surface area (Å²) in [5.41, 5.74) is 4.05. The van der Waals surface area contributed by atoms with Crippen molar-refractivity contribution in [1.82, 2.24) is 0 Å². The second-order valence-corrected chi connectivity index (χ2v) is 13.9. The molecule has 0 spiro atoms. The molecule has 1 aliphatic heterocycles. The molecule has 0 unspecified atom stereocenters. The molecule has 0 radical (unpaired) electrons. The first-order valence-corrected chi connectivity index (χ1v) is 14.1. The summed E-state index contributed by atoms with van der Waals surface area (Å²) in [6.45, 7) is 20.8. The Morgan fingerprint density at radius 1 is 0.707 bits per heavy atom. The van der Waals surface area contributed by atoms with Crippen molar-refractivity contribution in [1.29, 1.82) is 0 Å². The van der Waals surface area contributed by atoms with Crippen LogP contribution in [0.4, 0.5) is 11.4 Å². The van der Waals surface area contributed by atoms with Crippen LogP contribution in [-0.2, 0) is 20.1 Å². The average Bonchev–Trinajstić information content (AvgIpc) is 3.08. The van der Waals surface area contributed by atoms with E-state index in [4.69, 9.17) is 14.3 Å². The number of hydrogen-bond acceptors (Lipinski definition) is 6. The van der Waals surface area contributed by atoms with Gasteiger partial charge in [0.2, 0.25) is 0 Å². The van der Waals surface area contributed by atoms with Gasteiger partial charge in [-0.3, -0.25) is 9.98 Å². The molecule has 0 saturated carbocycles. The largest absolute Gasteiger partial charge is 0.507 e. The first-order chi connectivity index (χ1) is 18.9. The number of nitrogens with zero attached hydrogens (tertiary/aromatic N) is 2. The number of aliphatic imine (C=N–C) groups is 2. The molecular weight excluding hydrogens is 511 g/mol. The predicted octanol–water partition coefficient (Wildman–Crippen LogP) is 7.49. The van der Waals surface area contributed by atoms with Crippen molar-refractivity contribution in [3.05, 3.63) is 76.9 Å². The Kier molecular flexibility index (Phi) is 8.02. The molecule has 0 atom stereocenters. The van der Waals surface area contributed by atoms with E-state index in [9.17, 15) is 10.2 Å². The van der Waals surface area contributed by atoms with Gasteiger partial charge >= 0.3 is 7.12 Å². The Morgan fingerprint density at radius 3 is 1.76 bits per heavy atom. The second-order valence-electron chi connectivity index (χ2n) is 13.9. The summed E-state index contributed by atoms with van der Waals surface area (Å²) in [7, 11) is -0.542. The molecule has 1 heterocycles. The molecular formula is C34H43BN2O4. The number of phenolic OH excluding ortho intramolecular Hbond substituents is 2. The number of rotatable bonds is 5. The molecule has 2 N–H and O–H groups in total. The van der Waals surface area contributed by atoms with E-state index >= 15 is 0 Å². The monoisotopic (exact) mass is 554 g/mol. The van der Waals surface area contributed by atoms with Gasteiger partial charge in [0.25, 0.3) is 0 Å². The van der Waals surface area contributed by atoms with E-state index in [2.05, 4.69) is 52.6 Å². The molecule has 0 amide bonds. The van der Waals surface area contributed by atoms with Gasteiger partial charge in [0.1, 0.15) is 11.5 Å². The molecule has 3 aromatic carbocycles. The summed E-state index contributed by atoms with van der Waals surface area (Å²) in [6, 6.07) is 16.9. The van der Waals surface area contributed by atoms with Crippen LogP contribution in [0.3, 0.4) is 0 Å². The maximum atomic E-state index is 11.2. The average molecular weight is 555 g/mol. The first-order valence-electron chi connectivity index (χ1n) is 14.1. The molecule has 0 bridgehead atoms. The second kappa shape index (κ2) is 10.8. The number of para-hydroxylation sites is 2. The Balaban J connectivity index is 1.66. The van der Waals surface area contributed by atoms with Crippen LogP contribution in [0, 0.1) is 0 Å². The highest BCUT2D eigenvalue weighted by atomic mass is 16.7. The van der Waals surface area contributed by atoms with Crippen LogP contribution in [-0.4, -0.2) is 41.0 Å². The summed E-state index contributed by atoms with van der Waals surface area (Å²) >= 11 is 0. The topological polar surface area (TPSA) is 83.6 Å². The van der Waals surface area contributed by atoms with E-state index in [0.717, 1.165) is 16.6 Å². The van der Waals surface area contributed by atoms with E-state index in [1.165, 1.54) is 0 Å². The molecule has 1 saturated heterocycles. The molecule has 6 nitrogen and oxygen atoms in total. The zero-order chi connectivity index (χ0) is 30.4. The van der Waals surface area contributed by atoms with Gasteiger partial charge in [0, 0.05) is 29.1 Å². The maximum Gasteiger partial charge on any atom is 0.494 e. The highest BCUT2D eigenvalue weighted by molar-refractivity contribution is 6.62. The quantitative estimate of drug-likeness (QED) is 0.253. The fourth-order valence-corrected chi connectivity index (χ4v) is 4.52. The number of phenols is 2.